The van der Waals surface area contributed by atoms with E-state index >= 15 is 0 Å². The van der Waals surface area contributed by atoms with Gasteiger partial charge in [0.15, 0.2) is 0 Å². The monoisotopic (exact) mass is 253 g/mol. The summed E-state index contributed by atoms with van der Waals surface area (Å²) in [5.41, 5.74) is 0.656. The second-order valence-corrected chi connectivity index (χ2v) is 6.52. The molecule has 17 heavy (non-hydrogen) atoms. The number of nitrogens with one attached hydrogen (secondary N) is 1. The van der Waals surface area contributed by atoms with Gasteiger partial charge in [-0.3, -0.25) is 4.72 Å². The summed E-state index contributed by atoms with van der Waals surface area (Å²) in [6.07, 6.45) is 5.70. The Labute approximate surface area is 103 Å². The van der Waals surface area contributed by atoms with Crippen LogP contribution in [0.2, 0.25) is 0 Å². The van der Waals surface area contributed by atoms with Gasteiger partial charge in [0, 0.05) is 5.69 Å². The average Bonchev–Trinajstić information content (AvgIpc) is 2.30. The Bertz CT molecular complexity index is 436. The fourth-order valence-corrected chi connectivity index (χ4v) is 3.92. The molecule has 1 N–H and O–H groups in total. The number of rotatable bonds is 4. The Kier molecular flexibility index (Phi) is 4.05. The highest BCUT2D eigenvalue weighted by Crippen LogP contribution is 2.25. The quantitative estimate of drug-likeness (QED) is 0.896. The lowest BCUT2D eigenvalue weighted by molar-refractivity contribution is 0.385. The fraction of sp³-hybridized carbons (Fsp3) is 0.538. The Morgan fingerprint density at radius 2 is 1.71 bits per heavy atom. The highest BCUT2D eigenvalue weighted by atomic mass is 32.2. The number of sulfonamides is 1. The molecule has 3 nitrogen and oxygen atoms in total. The molecule has 0 amide bonds. The normalized spacial score (nSPS) is 17.9. The van der Waals surface area contributed by atoms with Crippen molar-refractivity contribution in [1.29, 1.82) is 0 Å². The molecule has 1 saturated carbocycles. The van der Waals surface area contributed by atoms with Crippen molar-refractivity contribution in [3.8, 4) is 0 Å². The van der Waals surface area contributed by atoms with E-state index in [1.807, 2.05) is 18.2 Å². The van der Waals surface area contributed by atoms with Crippen molar-refractivity contribution in [3.63, 3.8) is 0 Å². The van der Waals surface area contributed by atoms with Crippen LogP contribution in [0, 0.1) is 5.92 Å². The summed E-state index contributed by atoms with van der Waals surface area (Å²) < 4.78 is 26.6. The SMILES string of the molecule is O=S(=O)(CC1CCCCC1)Nc1ccccc1. The molecule has 0 atom stereocenters. The van der Waals surface area contributed by atoms with Crippen LogP contribution >= 0.6 is 0 Å². The molecule has 0 aliphatic heterocycles. The smallest absolute Gasteiger partial charge is 0.232 e. The first kappa shape index (κ1) is 12.4. The van der Waals surface area contributed by atoms with Gasteiger partial charge in [-0.05, 0) is 30.9 Å². The maximum absolute atomic E-state index is 12.0. The highest BCUT2D eigenvalue weighted by molar-refractivity contribution is 7.92. The van der Waals surface area contributed by atoms with Crippen LogP contribution in [0.5, 0.6) is 0 Å². The third-order valence-corrected chi connectivity index (χ3v) is 4.68. The summed E-state index contributed by atoms with van der Waals surface area (Å²) in [6.45, 7) is 0. The molecule has 2 rings (SSSR count). The minimum atomic E-state index is -3.18. The number of hydrogen-bond acceptors (Lipinski definition) is 2. The number of hydrogen-bond donors (Lipinski definition) is 1. The van der Waals surface area contributed by atoms with E-state index in [-0.39, 0.29) is 5.75 Å². The van der Waals surface area contributed by atoms with Crippen LogP contribution in [0.4, 0.5) is 5.69 Å². The Morgan fingerprint density at radius 1 is 1.06 bits per heavy atom. The van der Waals surface area contributed by atoms with Crippen molar-refractivity contribution in [2.24, 2.45) is 5.92 Å². The van der Waals surface area contributed by atoms with Gasteiger partial charge < -0.3 is 0 Å². The van der Waals surface area contributed by atoms with E-state index in [2.05, 4.69) is 4.72 Å². The van der Waals surface area contributed by atoms with E-state index in [0.29, 0.717) is 11.6 Å². The zero-order valence-corrected chi connectivity index (χ0v) is 10.7. The molecule has 0 saturated heterocycles. The second-order valence-electron chi connectivity index (χ2n) is 4.75. The van der Waals surface area contributed by atoms with E-state index in [1.54, 1.807) is 12.1 Å². The summed E-state index contributed by atoms with van der Waals surface area (Å²) >= 11 is 0. The predicted octanol–water partition coefficient (Wildman–Crippen LogP) is 3.01. The van der Waals surface area contributed by atoms with E-state index < -0.39 is 10.0 Å². The first-order valence-corrected chi connectivity index (χ1v) is 7.86. The van der Waals surface area contributed by atoms with Gasteiger partial charge in [-0.2, -0.15) is 0 Å². The van der Waals surface area contributed by atoms with Crippen LogP contribution in [0.3, 0.4) is 0 Å². The molecule has 94 valence electrons. The van der Waals surface area contributed by atoms with Crippen molar-refractivity contribution in [2.75, 3.05) is 10.5 Å². The van der Waals surface area contributed by atoms with Crippen molar-refractivity contribution in [1.82, 2.24) is 0 Å². The summed E-state index contributed by atoms with van der Waals surface area (Å²) in [6, 6.07) is 9.09. The van der Waals surface area contributed by atoms with Gasteiger partial charge in [0.05, 0.1) is 5.75 Å². The van der Waals surface area contributed by atoms with Crippen LogP contribution in [0.1, 0.15) is 32.1 Å². The highest BCUT2D eigenvalue weighted by Gasteiger charge is 2.21. The molecular weight excluding hydrogens is 234 g/mol. The Balaban J connectivity index is 1.94. The topological polar surface area (TPSA) is 46.2 Å². The molecule has 0 spiro atoms. The van der Waals surface area contributed by atoms with Crippen molar-refractivity contribution in [2.45, 2.75) is 32.1 Å². The van der Waals surface area contributed by atoms with Gasteiger partial charge >= 0.3 is 0 Å². The minimum Gasteiger partial charge on any atom is -0.284 e. The molecule has 1 fully saturated rings. The van der Waals surface area contributed by atoms with Gasteiger partial charge in [-0.1, -0.05) is 37.5 Å². The van der Waals surface area contributed by atoms with Gasteiger partial charge in [-0.25, -0.2) is 8.42 Å². The average molecular weight is 253 g/mol. The maximum atomic E-state index is 12.0. The molecule has 4 heteroatoms. The van der Waals surface area contributed by atoms with Gasteiger partial charge in [0.1, 0.15) is 0 Å². The third kappa shape index (κ3) is 4.04. The van der Waals surface area contributed by atoms with E-state index in [1.165, 1.54) is 19.3 Å². The predicted molar refractivity (Wildman–Crippen MR) is 70.4 cm³/mol. The lowest BCUT2D eigenvalue weighted by atomic mass is 9.91. The minimum absolute atomic E-state index is 0.266. The standard InChI is InChI=1S/C13H19NO2S/c15-17(16,11-12-7-3-1-4-8-12)14-13-9-5-2-6-10-13/h2,5-6,9-10,12,14H,1,3-4,7-8,11H2. The largest absolute Gasteiger partial charge is 0.284 e. The summed E-state index contributed by atoms with van der Waals surface area (Å²) in [7, 11) is -3.18. The molecule has 1 aliphatic rings. The molecule has 0 heterocycles. The fourth-order valence-electron chi connectivity index (χ4n) is 2.39. The lowest BCUT2D eigenvalue weighted by Crippen LogP contribution is -2.24. The van der Waals surface area contributed by atoms with E-state index in [9.17, 15) is 8.42 Å². The van der Waals surface area contributed by atoms with Gasteiger partial charge in [-0.15, -0.1) is 0 Å². The number of anilines is 1. The molecular formula is C13H19NO2S. The summed E-state index contributed by atoms with van der Waals surface area (Å²) in [5, 5.41) is 0. The van der Waals surface area contributed by atoms with Crippen molar-refractivity contribution in [3.05, 3.63) is 30.3 Å². The number of benzene rings is 1. The summed E-state index contributed by atoms with van der Waals surface area (Å²) in [4.78, 5) is 0. The molecule has 0 bridgehead atoms. The van der Waals surface area contributed by atoms with Crippen LogP contribution in [-0.2, 0) is 10.0 Å². The maximum Gasteiger partial charge on any atom is 0.232 e. The summed E-state index contributed by atoms with van der Waals surface area (Å²) in [5.74, 6) is 0.604. The van der Waals surface area contributed by atoms with Gasteiger partial charge in [0.25, 0.3) is 0 Å². The molecule has 0 radical (unpaired) electrons. The zero-order chi connectivity index (χ0) is 12.1. The van der Waals surface area contributed by atoms with Crippen LogP contribution in [0.25, 0.3) is 0 Å². The Morgan fingerprint density at radius 3 is 2.35 bits per heavy atom. The van der Waals surface area contributed by atoms with E-state index in [0.717, 1.165) is 12.8 Å². The van der Waals surface area contributed by atoms with E-state index in [4.69, 9.17) is 0 Å². The molecule has 1 aromatic carbocycles. The zero-order valence-electron chi connectivity index (χ0n) is 9.93. The Hall–Kier alpha value is -1.03. The van der Waals surface area contributed by atoms with Crippen molar-refractivity contribution >= 4 is 15.7 Å². The third-order valence-electron chi connectivity index (χ3n) is 3.23. The number of para-hydroxylation sites is 1. The van der Waals surface area contributed by atoms with Crippen molar-refractivity contribution < 1.29 is 8.42 Å². The lowest BCUT2D eigenvalue weighted by Gasteiger charge is -2.21. The molecule has 1 aromatic rings. The first-order chi connectivity index (χ1) is 8.16. The van der Waals surface area contributed by atoms with Crippen LogP contribution in [-0.4, -0.2) is 14.2 Å². The molecule has 0 aromatic heterocycles. The first-order valence-electron chi connectivity index (χ1n) is 6.21. The molecule has 0 unspecified atom stereocenters. The second kappa shape index (κ2) is 5.54. The van der Waals surface area contributed by atoms with Crippen LogP contribution in [0.15, 0.2) is 30.3 Å². The van der Waals surface area contributed by atoms with Crippen LogP contribution < -0.4 is 4.72 Å². The molecule has 1 aliphatic carbocycles. The van der Waals surface area contributed by atoms with Gasteiger partial charge in [0.2, 0.25) is 10.0 Å².